The molecule has 4 N–H and O–H groups in total. The van der Waals surface area contributed by atoms with Gasteiger partial charge in [-0.05, 0) is 77.7 Å². The summed E-state index contributed by atoms with van der Waals surface area (Å²) < 4.78 is 12.3. The molecule has 0 spiro atoms. The molecule has 2 fully saturated rings. The average molecular weight is 569 g/mol. The molecule has 0 bridgehead atoms. The number of carbonyl (C=O) groups is 1. The van der Waals surface area contributed by atoms with E-state index >= 15 is 0 Å². The van der Waals surface area contributed by atoms with Crippen molar-refractivity contribution >= 4 is 5.78 Å². The van der Waals surface area contributed by atoms with Gasteiger partial charge in [0, 0.05) is 18.3 Å². The molecule has 7 nitrogen and oxygen atoms in total. The van der Waals surface area contributed by atoms with E-state index in [0.29, 0.717) is 30.6 Å². The van der Waals surface area contributed by atoms with Crippen LogP contribution in [-0.4, -0.2) is 69.6 Å². The van der Waals surface area contributed by atoms with Crippen LogP contribution in [0, 0.1) is 28.6 Å². The second-order valence-electron chi connectivity index (χ2n) is 13.8. The van der Waals surface area contributed by atoms with Gasteiger partial charge in [-0.2, -0.15) is 0 Å². The third kappa shape index (κ3) is 5.17. The minimum atomic E-state index is -1.49. The monoisotopic (exact) mass is 568 g/mol. The maximum atomic E-state index is 12.2. The van der Waals surface area contributed by atoms with Gasteiger partial charge in [0.2, 0.25) is 0 Å². The standard InChI is InChI=1S/C34H48O7/c1-18(2)19(3)7-8-20(4)28-26(40-32-31(39)30(38)29(37)27(17-35)41-32)16-25-23-10-9-21-15-22(36)11-13-33(21,5)24(23)12-14-34(25,28)6/h7-10,15,18-19,24,26-27,29-32,35,37-39H,11-14,16-17H2,1-6H3. The van der Waals surface area contributed by atoms with E-state index in [-0.39, 0.29) is 16.6 Å². The van der Waals surface area contributed by atoms with Gasteiger partial charge in [-0.1, -0.05) is 64.5 Å². The third-order valence-corrected chi connectivity index (χ3v) is 11.0. The molecule has 0 amide bonds. The first-order chi connectivity index (χ1) is 19.3. The van der Waals surface area contributed by atoms with Crippen molar-refractivity contribution in [1.82, 2.24) is 0 Å². The summed E-state index contributed by atoms with van der Waals surface area (Å²) in [6.45, 7) is 12.9. The minimum Gasteiger partial charge on any atom is -0.394 e. The molecule has 0 radical (unpaired) electrons. The quantitative estimate of drug-likeness (QED) is 0.377. The molecule has 10 atom stereocenters. The van der Waals surface area contributed by atoms with Crippen molar-refractivity contribution in [2.24, 2.45) is 28.6 Å². The van der Waals surface area contributed by atoms with Crippen molar-refractivity contribution in [2.45, 2.75) is 110 Å². The van der Waals surface area contributed by atoms with Gasteiger partial charge in [-0.3, -0.25) is 4.79 Å². The van der Waals surface area contributed by atoms with E-state index in [2.05, 4.69) is 65.8 Å². The summed E-state index contributed by atoms with van der Waals surface area (Å²) in [6, 6.07) is 0. The number of carbonyl (C=O) groups excluding carboxylic acids is 1. The third-order valence-electron chi connectivity index (χ3n) is 11.0. The molecule has 1 heterocycles. The molecular formula is C34H48O7. The predicted octanol–water partition coefficient (Wildman–Crippen LogP) is 4.32. The Morgan fingerprint density at radius 3 is 2.54 bits per heavy atom. The number of allylic oxidation sites excluding steroid dienone is 8. The van der Waals surface area contributed by atoms with E-state index in [0.717, 1.165) is 36.0 Å². The SMILES string of the molecule is CC(C=CC(C)C(C)C)=C1C(OC2OC(CO)C(O)C(O)C2O)CC2=C3C=CC4=CC(=O)CCC4(C)C3CCC21C. The zero-order valence-corrected chi connectivity index (χ0v) is 25.3. The molecule has 10 unspecified atom stereocenters. The van der Waals surface area contributed by atoms with Crippen molar-refractivity contribution in [1.29, 1.82) is 0 Å². The van der Waals surface area contributed by atoms with E-state index in [4.69, 9.17) is 9.47 Å². The summed E-state index contributed by atoms with van der Waals surface area (Å²) in [7, 11) is 0. The molecule has 1 saturated heterocycles. The molecule has 0 aromatic rings. The van der Waals surface area contributed by atoms with Gasteiger partial charge in [-0.15, -0.1) is 0 Å². The average Bonchev–Trinajstić information content (AvgIpc) is 3.23. The first-order valence-electron chi connectivity index (χ1n) is 15.3. The zero-order chi connectivity index (χ0) is 29.9. The van der Waals surface area contributed by atoms with Crippen molar-refractivity contribution in [3.63, 3.8) is 0 Å². The van der Waals surface area contributed by atoms with Crippen LogP contribution in [0.2, 0.25) is 0 Å². The molecule has 226 valence electrons. The molecular weight excluding hydrogens is 520 g/mol. The summed E-state index contributed by atoms with van der Waals surface area (Å²) in [5.41, 5.74) is 5.74. The first-order valence-corrected chi connectivity index (χ1v) is 15.3. The summed E-state index contributed by atoms with van der Waals surface area (Å²) >= 11 is 0. The van der Waals surface area contributed by atoms with E-state index in [1.54, 1.807) is 0 Å². The number of ketones is 1. The highest BCUT2D eigenvalue weighted by Crippen LogP contribution is 2.63. The molecule has 4 aliphatic carbocycles. The maximum Gasteiger partial charge on any atom is 0.187 e. The Bertz CT molecular complexity index is 1210. The Labute approximate surface area is 244 Å². The zero-order valence-electron chi connectivity index (χ0n) is 25.3. The minimum absolute atomic E-state index is 0.0753. The molecule has 5 aliphatic rings. The lowest BCUT2D eigenvalue weighted by molar-refractivity contribution is -0.307. The number of hydrogen-bond donors (Lipinski definition) is 4. The lowest BCUT2D eigenvalue weighted by atomic mass is 9.54. The number of fused-ring (bicyclic) bond motifs is 4. The smallest absolute Gasteiger partial charge is 0.187 e. The van der Waals surface area contributed by atoms with E-state index < -0.39 is 43.4 Å². The van der Waals surface area contributed by atoms with Crippen LogP contribution in [0.3, 0.4) is 0 Å². The van der Waals surface area contributed by atoms with E-state index in [1.807, 2.05) is 6.08 Å². The summed E-state index contributed by atoms with van der Waals surface area (Å²) in [4.78, 5) is 12.2. The Morgan fingerprint density at radius 1 is 1.12 bits per heavy atom. The Kier molecular flexibility index (Phi) is 8.45. The fraction of sp³-hybridized carbons (Fsp3) is 0.676. The molecule has 0 aromatic carbocycles. The van der Waals surface area contributed by atoms with Gasteiger partial charge in [0.15, 0.2) is 12.1 Å². The number of hydrogen-bond acceptors (Lipinski definition) is 7. The number of rotatable bonds is 6. The van der Waals surface area contributed by atoms with Crippen molar-refractivity contribution < 1.29 is 34.7 Å². The summed E-state index contributed by atoms with van der Waals surface area (Å²) in [5, 5.41) is 41.3. The summed E-state index contributed by atoms with van der Waals surface area (Å²) in [6.07, 6.45) is 7.61. The highest BCUT2D eigenvalue weighted by molar-refractivity contribution is 5.92. The maximum absolute atomic E-state index is 12.2. The Balaban J connectivity index is 1.58. The van der Waals surface area contributed by atoms with Gasteiger partial charge in [0.25, 0.3) is 0 Å². The fourth-order valence-corrected chi connectivity index (χ4v) is 7.92. The van der Waals surface area contributed by atoms with Crippen LogP contribution in [0.15, 0.2) is 58.2 Å². The van der Waals surface area contributed by atoms with Gasteiger partial charge in [0.1, 0.15) is 24.4 Å². The molecule has 0 aromatic heterocycles. The highest BCUT2D eigenvalue weighted by atomic mass is 16.7. The predicted molar refractivity (Wildman–Crippen MR) is 157 cm³/mol. The van der Waals surface area contributed by atoms with Crippen LogP contribution in [0.1, 0.15) is 73.6 Å². The largest absolute Gasteiger partial charge is 0.394 e. The normalized spacial score (nSPS) is 42.8. The number of ether oxygens (including phenoxy) is 2. The van der Waals surface area contributed by atoms with Gasteiger partial charge in [0.05, 0.1) is 12.7 Å². The van der Waals surface area contributed by atoms with Crippen LogP contribution in [0.25, 0.3) is 0 Å². The van der Waals surface area contributed by atoms with E-state index in [9.17, 15) is 25.2 Å². The topological polar surface area (TPSA) is 116 Å². The summed E-state index contributed by atoms with van der Waals surface area (Å²) in [5.74, 6) is 1.43. The lowest BCUT2D eigenvalue weighted by Crippen LogP contribution is -2.59. The molecule has 1 aliphatic heterocycles. The fourth-order valence-electron chi connectivity index (χ4n) is 7.92. The van der Waals surface area contributed by atoms with Crippen LogP contribution in [0.5, 0.6) is 0 Å². The molecule has 5 rings (SSSR count). The highest BCUT2D eigenvalue weighted by Gasteiger charge is 2.55. The second kappa shape index (κ2) is 11.3. The van der Waals surface area contributed by atoms with Gasteiger partial charge in [-0.25, -0.2) is 0 Å². The number of aliphatic hydroxyl groups is 4. The van der Waals surface area contributed by atoms with Crippen molar-refractivity contribution in [3.8, 4) is 0 Å². The van der Waals surface area contributed by atoms with Crippen LogP contribution in [-0.2, 0) is 14.3 Å². The lowest BCUT2D eigenvalue weighted by Gasteiger charge is -2.49. The van der Waals surface area contributed by atoms with Gasteiger partial charge < -0.3 is 29.9 Å². The van der Waals surface area contributed by atoms with Gasteiger partial charge >= 0.3 is 0 Å². The van der Waals surface area contributed by atoms with Crippen molar-refractivity contribution in [3.05, 3.63) is 58.2 Å². The Hall–Kier alpha value is -1.87. The first kappa shape index (κ1) is 30.6. The molecule has 41 heavy (non-hydrogen) atoms. The second-order valence-corrected chi connectivity index (χ2v) is 13.8. The number of aliphatic hydroxyl groups excluding tert-OH is 4. The molecule has 7 heteroatoms. The van der Waals surface area contributed by atoms with Crippen LogP contribution in [0.4, 0.5) is 0 Å². The molecule has 1 saturated carbocycles. The van der Waals surface area contributed by atoms with E-state index in [1.165, 1.54) is 11.1 Å². The Morgan fingerprint density at radius 2 is 1.85 bits per heavy atom. The van der Waals surface area contributed by atoms with Crippen LogP contribution >= 0.6 is 0 Å². The van der Waals surface area contributed by atoms with Crippen molar-refractivity contribution in [2.75, 3.05) is 6.61 Å². The van der Waals surface area contributed by atoms with Crippen LogP contribution < -0.4 is 0 Å².